The van der Waals surface area contributed by atoms with Gasteiger partial charge in [0.05, 0.1) is 5.69 Å². The van der Waals surface area contributed by atoms with Crippen LogP contribution in [0.3, 0.4) is 0 Å². The van der Waals surface area contributed by atoms with Crippen LogP contribution in [0.4, 0.5) is 0 Å². The zero-order chi connectivity index (χ0) is 12.0. The second-order valence-electron chi connectivity index (χ2n) is 6.48. The van der Waals surface area contributed by atoms with E-state index in [1.807, 2.05) is 0 Å². The molecular formula is C15H24N2. The molecule has 2 heterocycles. The molecule has 0 bridgehead atoms. The fraction of sp³-hybridized carbons (Fsp3) is 0.800. The van der Waals surface area contributed by atoms with Gasteiger partial charge in [-0.3, -0.25) is 0 Å². The summed E-state index contributed by atoms with van der Waals surface area (Å²) in [6.07, 6.45) is 6.48. The Morgan fingerprint density at radius 1 is 1.29 bits per heavy atom. The Balaban J connectivity index is 1.97. The van der Waals surface area contributed by atoms with E-state index in [-0.39, 0.29) is 0 Å². The molecule has 3 rings (SSSR count). The molecule has 0 aromatic carbocycles. The molecule has 2 nitrogen and oxygen atoms in total. The number of hydrogen-bond donors (Lipinski definition) is 0. The van der Waals surface area contributed by atoms with Crippen molar-refractivity contribution in [1.29, 1.82) is 0 Å². The highest BCUT2D eigenvalue weighted by Gasteiger charge is 2.32. The van der Waals surface area contributed by atoms with E-state index < -0.39 is 0 Å². The summed E-state index contributed by atoms with van der Waals surface area (Å²) in [5.41, 5.74) is 3.03. The number of nitrogens with zero attached hydrogens (tertiary/aromatic N) is 2. The van der Waals surface area contributed by atoms with Gasteiger partial charge in [0.15, 0.2) is 0 Å². The summed E-state index contributed by atoms with van der Waals surface area (Å²) in [6.45, 7) is 8.21. The first-order valence-corrected chi connectivity index (χ1v) is 7.23. The Hall–Kier alpha value is -0.790. The molecular weight excluding hydrogens is 208 g/mol. The van der Waals surface area contributed by atoms with Crippen LogP contribution >= 0.6 is 0 Å². The standard InChI is InChI=1S/C15H24N2/c1-10(2)8-13-15(12-4-5-12)16-14-9-11(3)6-7-17(13)14/h10-12H,4-9H2,1-3H3. The fourth-order valence-corrected chi connectivity index (χ4v) is 3.03. The number of fused-ring (bicyclic) bond motifs is 1. The molecule has 1 aromatic heterocycles. The molecule has 94 valence electrons. The van der Waals surface area contributed by atoms with Crippen molar-refractivity contribution in [3.05, 3.63) is 17.2 Å². The van der Waals surface area contributed by atoms with Crippen LogP contribution in [0.25, 0.3) is 0 Å². The van der Waals surface area contributed by atoms with E-state index in [1.165, 1.54) is 50.2 Å². The summed E-state index contributed by atoms with van der Waals surface area (Å²) in [5, 5.41) is 0. The molecule has 1 aliphatic carbocycles. The van der Waals surface area contributed by atoms with Crippen LogP contribution in [0, 0.1) is 11.8 Å². The van der Waals surface area contributed by atoms with E-state index in [0.717, 1.165) is 17.8 Å². The van der Waals surface area contributed by atoms with Crippen molar-refractivity contribution >= 4 is 0 Å². The van der Waals surface area contributed by atoms with E-state index in [9.17, 15) is 0 Å². The predicted octanol–water partition coefficient (Wildman–Crippen LogP) is 3.54. The molecule has 1 aliphatic heterocycles. The van der Waals surface area contributed by atoms with Crippen LogP contribution in [-0.2, 0) is 19.4 Å². The largest absolute Gasteiger partial charge is 0.332 e. The Bertz CT molecular complexity index is 413. The van der Waals surface area contributed by atoms with Crippen molar-refractivity contribution in [3.8, 4) is 0 Å². The lowest BCUT2D eigenvalue weighted by atomic mass is 9.99. The van der Waals surface area contributed by atoms with Crippen molar-refractivity contribution < 1.29 is 0 Å². The third-order valence-electron chi connectivity index (χ3n) is 4.12. The van der Waals surface area contributed by atoms with Gasteiger partial charge in [0, 0.05) is 24.6 Å². The van der Waals surface area contributed by atoms with Crippen LogP contribution in [0.1, 0.15) is 63.2 Å². The highest BCUT2D eigenvalue weighted by atomic mass is 15.1. The Kier molecular flexibility index (Phi) is 2.76. The van der Waals surface area contributed by atoms with Crippen LogP contribution in [-0.4, -0.2) is 9.55 Å². The third kappa shape index (κ3) is 2.14. The summed E-state index contributed by atoms with van der Waals surface area (Å²) in [5.74, 6) is 3.75. The molecule has 0 saturated heterocycles. The van der Waals surface area contributed by atoms with E-state index in [0.29, 0.717) is 0 Å². The van der Waals surface area contributed by atoms with Crippen LogP contribution in [0.2, 0.25) is 0 Å². The molecule has 0 N–H and O–H groups in total. The van der Waals surface area contributed by atoms with Gasteiger partial charge >= 0.3 is 0 Å². The van der Waals surface area contributed by atoms with Gasteiger partial charge in [0.2, 0.25) is 0 Å². The smallest absolute Gasteiger partial charge is 0.109 e. The summed E-state index contributed by atoms with van der Waals surface area (Å²) in [6, 6.07) is 0. The molecule has 1 atom stereocenters. The minimum Gasteiger partial charge on any atom is -0.332 e. The number of aromatic nitrogens is 2. The first-order valence-electron chi connectivity index (χ1n) is 7.23. The van der Waals surface area contributed by atoms with Crippen LogP contribution in [0.5, 0.6) is 0 Å². The average Bonchev–Trinajstić information content (AvgIpc) is 3.03. The lowest BCUT2D eigenvalue weighted by Crippen LogP contribution is -2.19. The lowest BCUT2D eigenvalue weighted by molar-refractivity contribution is 0.399. The van der Waals surface area contributed by atoms with Crippen LogP contribution < -0.4 is 0 Å². The van der Waals surface area contributed by atoms with E-state index in [1.54, 1.807) is 5.69 Å². The number of rotatable bonds is 3. The van der Waals surface area contributed by atoms with E-state index in [2.05, 4.69) is 25.3 Å². The molecule has 2 aliphatic rings. The van der Waals surface area contributed by atoms with Crippen molar-refractivity contribution in [1.82, 2.24) is 9.55 Å². The van der Waals surface area contributed by atoms with Crippen LogP contribution in [0.15, 0.2) is 0 Å². The van der Waals surface area contributed by atoms with Crippen molar-refractivity contribution in [2.24, 2.45) is 11.8 Å². The zero-order valence-corrected chi connectivity index (χ0v) is 11.4. The SMILES string of the molecule is CC(C)Cc1c(C2CC2)nc2n1CCC(C)C2. The minimum absolute atomic E-state index is 0.743. The maximum absolute atomic E-state index is 4.98. The van der Waals surface area contributed by atoms with Gasteiger partial charge in [-0.2, -0.15) is 0 Å². The second-order valence-corrected chi connectivity index (χ2v) is 6.48. The molecule has 1 aromatic rings. The quantitative estimate of drug-likeness (QED) is 0.779. The van der Waals surface area contributed by atoms with Gasteiger partial charge in [0.1, 0.15) is 5.82 Å². The highest BCUT2D eigenvalue weighted by Crippen LogP contribution is 2.42. The van der Waals surface area contributed by atoms with Crippen molar-refractivity contribution in [2.45, 2.75) is 65.3 Å². The van der Waals surface area contributed by atoms with Gasteiger partial charge in [-0.05, 0) is 37.5 Å². The van der Waals surface area contributed by atoms with Crippen molar-refractivity contribution in [2.75, 3.05) is 0 Å². The van der Waals surface area contributed by atoms with Gasteiger partial charge < -0.3 is 4.57 Å². The van der Waals surface area contributed by atoms with E-state index >= 15 is 0 Å². The Morgan fingerprint density at radius 3 is 2.71 bits per heavy atom. The highest BCUT2D eigenvalue weighted by molar-refractivity contribution is 5.26. The van der Waals surface area contributed by atoms with Crippen molar-refractivity contribution in [3.63, 3.8) is 0 Å². The molecule has 17 heavy (non-hydrogen) atoms. The molecule has 0 amide bonds. The second kappa shape index (κ2) is 4.15. The fourth-order valence-electron chi connectivity index (χ4n) is 3.03. The van der Waals surface area contributed by atoms with Gasteiger partial charge in [-0.15, -0.1) is 0 Å². The first-order chi connectivity index (χ1) is 8.15. The predicted molar refractivity (Wildman–Crippen MR) is 70.2 cm³/mol. The Morgan fingerprint density at radius 2 is 2.06 bits per heavy atom. The summed E-state index contributed by atoms with van der Waals surface area (Å²) >= 11 is 0. The van der Waals surface area contributed by atoms with Gasteiger partial charge in [-0.1, -0.05) is 20.8 Å². The number of hydrogen-bond acceptors (Lipinski definition) is 1. The molecule has 0 spiro atoms. The first kappa shape index (κ1) is 11.3. The molecule has 1 unspecified atom stereocenters. The lowest BCUT2D eigenvalue weighted by Gasteiger charge is -2.22. The third-order valence-corrected chi connectivity index (χ3v) is 4.12. The number of imidazole rings is 1. The molecule has 1 fully saturated rings. The minimum atomic E-state index is 0.743. The maximum Gasteiger partial charge on any atom is 0.109 e. The zero-order valence-electron chi connectivity index (χ0n) is 11.4. The maximum atomic E-state index is 4.98. The topological polar surface area (TPSA) is 17.8 Å². The Labute approximate surface area is 104 Å². The van der Waals surface area contributed by atoms with Gasteiger partial charge in [-0.25, -0.2) is 4.98 Å². The molecule has 1 saturated carbocycles. The van der Waals surface area contributed by atoms with Gasteiger partial charge in [0.25, 0.3) is 0 Å². The molecule has 2 heteroatoms. The summed E-state index contributed by atoms with van der Waals surface area (Å²) in [7, 11) is 0. The average molecular weight is 232 g/mol. The normalized spacial score (nSPS) is 24.1. The summed E-state index contributed by atoms with van der Waals surface area (Å²) < 4.78 is 2.55. The molecule has 0 radical (unpaired) electrons. The summed E-state index contributed by atoms with van der Waals surface area (Å²) in [4.78, 5) is 4.98. The monoisotopic (exact) mass is 232 g/mol. The van der Waals surface area contributed by atoms with E-state index in [4.69, 9.17) is 4.98 Å².